The number of anilines is 1. The van der Waals surface area contributed by atoms with Crippen LogP contribution in [0.5, 0.6) is 0 Å². The Morgan fingerprint density at radius 2 is 1.78 bits per heavy atom. The number of rotatable bonds is 8. The van der Waals surface area contributed by atoms with Crippen LogP contribution in [0.1, 0.15) is 66.8 Å². The summed E-state index contributed by atoms with van der Waals surface area (Å²) < 4.78 is 37.0. The molecule has 45 heavy (non-hydrogen) atoms. The lowest BCUT2D eigenvalue weighted by molar-refractivity contribution is -0.126. The molecule has 3 aliphatic rings. The number of amides is 2. The number of hydrogen-bond acceptors (Lipinski definition) is 6. The summed E-state index contributed by atoms with van der Waals surface area (Å²) in [6, 6.07) is 7.17. The first-order chi connectivity index (χ1) is 21.5. The minimum atomic E-state index is -0.892. The first-order valence-corrected chi connectivity index (χ1v) is 15.8. The van der Waals surface area contributed by atoms with Crippen molar-refractivity contribution < 1.29 is 27.9 Å². The monoisotopic (exact) mass is 621 g/mol. The number of aromatic nitrogens is 1. The zero-order valence-corrected chi connectivity index (χ0v) is 25.9. The molecule has 1 saturated carbocycles. The summed E-state index contributed by atoms with van der Waals surface area (Å²) in [5.41, 5.74) is 7.59. The first kappa shape index (κ1) is 31.2. The van der Waals surface area contributed by atoms with E-state index >= 15 is 4.39 Å². The van der Waals surface area contributed by atoms with Crippen molar-refractivity contribution in [1.82, 2.24) is 14.8 Å². The highest BCUT2D eigenvalue weighted by Gasteiger charge is 2.36. The standard InChI is InChI=1S/C34H41F2N5O4/c1-34(2)18-28-30(24-8-5-22(35)17-27(24)41(28)29(42)19-34)21-15-25(36)31(32(37)43)26(16-21)39-23-6-3-20(4-7-23)33(44)38-9-10-40-11-13-45-14-12-40/h5,8,15-17,20,23,39H,3-4,6-7,9-14,18-19H2,1-2H3,(H2,37,43)(H,38,44). The number of carbonyl (C=O) groups is 3. The molecule has 11 heteroatoms. The molecule has 4 N–H and O–H groups in total. The van der Waals surface area contributed by atoms with Crippen molar-refractivity contribution in [2.75, 3.05) is 44.7 Å². The number of nitrogens with two attached hydrogens (primary N) is 1. The number of ether oxygens (including phenoxy) is 1. The third kappa shape index (κ3) is 6.46. The van der Waals surface area contributed by atoms with Gasteiger partial charge in [0.2, 0.25) is 11.8 Å². The third-order valence-electron chi connectivity index (χ3n) is 9.47. The molecule has 1 aromatic heterocycles. The van der Waals surface area contributed by atoms with Crippen LogP contribution in [0.3, 0.4) is 0 Å². The quantitative estimate of drug-likeness (QED) is 0.335. The van der Waals surface area contributed by atoms with Crippen LogP contribution in [0.4, 0.5) is 14.5 Å². The van der Waals surface area contributed by atoms with E-state index < -0.39 is 17.5 Å². The van der Waals surface area contributed by atoms with Crippen LogP contribution in [0.15, 0.2) is 30.3 Å². The molecule has 6 rings (SSSR count). The van der Waals surface area contributed by atoms with Gasteiger partial charge in [0.25, 0.3) is 5.91 Å². The largest absolute Gasteiger partial charge is 0.382 e. The second-order valence-electron chi connectivity index (χ2n) is 13.4. The highest BCUT2D eigenvalue weighted by atomic mass is 19.1. The second kappa shape index (κ2) is 12.5. The van der Waals surface area contributed by atoms with E-state index in [-0.39, 0.29) is 40.4 Å². The van der Waals surface area contributed by atoms with Gasteiger partial charge in [0, 0.05) is 61.2 Å². The van der Waals surface area contributed by atoms with Crippen LogP contribution < -0.4 is 16.4 Å². The number of halogens is 2. The Balaban J connectivity index is 1.23. The van der Waals surface area contributed by atoms with Crippen molar-refractivity contribution in [2.45, 2.75) is 58.4 Å². The number of hydrogen-bond donors (Lipinski definition) is 3. The van der Waals surface area contributed by atoms with Gasteiger partial charge in [0.15, 0.2) is 0 Å². The molecule has 240 valence electrons. The van der Waals surface area contributed by atoms with Crippen molar-refractivity contribution in [3.8, 4) is 11.1 Å². The second-order valence-corrected chi connectivity index (χ2v) is 13.4. The van der Waals surface area contributed by atoms with Crippen LogP contribution in [0, 0.1) is 23.0 Å². The van der Waals surface area contributed by atoms with E-state index in [0.717, 1.165) is 32.8 Å². The third-order valence-corrected chi connectivity index (χ3v) is 9.47. The maximum Gasteiger partial charge on any atom is 0.253 e. The minimum Gasteiger partial charge on any atom is -0.382 e. The van der Waals surface area contributed by atoms with E-state index in [1.54, 1.807) is 16.7 Å². The Labute approximate surface area is 261 Å². The molecule has 0 radical (unpaired) electrons. The molecule has 0 bridgehead atoms. The number of benzene rings is 2. The number of fused-ring (bicyclic) bond motifs is 3. The lowest BCUT2D eigenvalue weighted by atomic mass is 9.80. The molecule has 2 aliphatic heterocycles. The van der Waals surface area contributed by atoms with Crippen molar-refractivity contribution in [3.63, 3.8) is 0 Å². The Morgan fingerprint density at radius 3 is 2.49 bits per heavy atom. The van der Waals surface area contributed by atoms with Gasteiger partial charge in [0.05, 0.1) is 30.0 Å². The summed E-state index contributed by atoms with van der Waals surface area (Å²) in [7, 11) is 0. The normalized spacial score (nSPS) is 21.8. The predicted molar refractivity (Wildman–Crippen MR) is 168 cm³/mol. The lowest BCUT2D eigenvalue weighted by Gasteiger charge is -2.31. The van der Waals surface area contributed by atoms with E-state index in [2.05, 4.69) is 15.5 Å². The van der Waals surface area contributed by atoms with Crippen LogP contribution >= 0.6 is 0 Å². The van der Waals surface area contributed by atoms with Crippen LogP contribution in [0.2, 0.25) is 0 Å². The van der Waals surface area contributed by atoms with Crippen molar-refractivity contribution >= 4 is 34.3 Å². The molecule has 0 atom stereocenters. The molecule has 9 nitrogen and oxygen atoms in total. The first-order valence-electron chi connectivity index (χ1n) is 15.8. The lowest BCUT2D eigenvalue weighted by Crippen LogP contribution is -2.43. The molecule has 2 amide bonds. The molecule has 3 aromatic rings. The Hall–Kier alpha value is -3.83. The minimum absolute atomic E-state index is 0.0480. The SMILES string of the molecule is CC1(C)CC(=O)n2c(c(-c3cc(F)c(C(N)=O)c(NC4CCC(C(=O)NCCN5CCOCC5)CC4)c3)c3ccc(F)cc32)C1. The van der Waals surface area contributed by atoms with E-state index in [1.165, 1.54) is 18.2 Å². The number of primary amides is 1. The molecular weight excluding hydrogens is 580 g/mol. The smallest absolute Gasteiger partial charge is 0.253 e. The van der Waals surface area contributed by atoms with Gasteiger partial charge in [0.1, 0.15) is 11.6 Å². The summed E-state index contributed by atoms with van der Waals surface area (Å²) >= 11 is 0. The molecule has 2 aromatic carbocycles. The molecule has 1 aliphatic carbocycles. The van der Waals surface area contributed by atoms with Gasteiger partial charge in [-0.1, -0.05) is 13.8 Å². The number of carbonyl (C=O) groups excluding carboxylic acids is 3. The molecule has 3 heterocycles. The predicted octanol–water partition coefficient (Wildman–Crippen LogP) is 4.72. The summed E-state index contributed by atoms with van der Waals surface area (Å²) in [6.45, 7) is 8.58. The molecule has 2 fully saturated rings. The maximum atomic E-state index is 15.7. The fourth-order valence-corrected chi connectivity index (χ4v) is 7.23. The van der Waals surface area contributed by atoms with Gasteiger partial charge >= 0.3 is 0 Å². The number of nitrogens with zero attached hydrogens (tertiary/aromatic N) is 2. The Morgan fingerprint density at radius 1 is 1.04 bits per heavy atom. The number of morpholine rings is 1. The molecular formula is C34H41F2N5O4. The highest BCUT2D eigenvalue weighted by molar-refractivity contribution is 6.06. The van der Waals surface area contributed by atoms with Crippen molar-refractivity contribution in [1.29, 1.82) is 0 Å². The number of nitrogens with one attached hydrogen (secondary N) is 2. The topological polar surface area (TPSA) is 119 Å². The van der Waals surface area contributed by atoms with Gasteiger partial charge < -0.3 is 21.1 Å². The fourth-order valence-electron chi connectivity index (χ4n) is 7.23. The van der Waals surface area contributed by atoms with E-state index in [1.807, 2.05) is 13.8 Å². The van der Waals surface area contributed by atoms with Gasteiger partial charge in [-0.2, -0.15) is 0 Å². The van der Waals surface area contributed by atoms with Crippen LogP contribution in [-0.4, -0.2) is 72.6 Å². The highest BCUT2D eigenvalue weighted by Crippen LogP contribution is 2.44. The van der Waals surface area contributed by atoms with E-state index in [4.69, 9.17) is 10.5 Å². The van der Waals surface area contributed by atoms with Gasteiger partial charge in [-0.15, -0.1) is 0 Å². The summed E-state index contributed by atoms with van der Waals surface area (Å²) in [5.74, 6) is -2.33. The summed E-state index contributed by atoms with van der Waals surface area (Å²) in [5, 5.41) is 7.06. The fraction of sp³-hybridized carbons (Fsp3) is 0.500. The van der Waals surface area contributed by atoms with Crippen molar-refractivity contribution in [3.05, 3.63) is 53.2 Å². The summed E-state index contributed by atoms with van der Waals surface area (Å²) in [4.78, 5) is 40.8. The zero-order valence-electron chi connectivity index (χ0n) is 25.9. The zero-order chi connectivity index (χ0) is 31.9. The summed E-state index contributed by atoms with van der Waals surface area (Å²) in [6.07, 6.45) is 3.49. The molecule has 0 unspecified atom stereocenters. The van der Waals surface area contributed by atoms with E-state index in [0.29, 0.717) is 72.8 Å². The van der Waals surface area contributed by atoms with Gasteiger partial charge in [-0.25, -0.2) is 8.78 Å². The Bertz CT molecular complexity index is 1640. The van der Waals surface area contributed by atoms with E-state index in [9.17, 15) is 18.8 Å². The van der Waals surface area contributed by atoms with Gasteiger partial charge in [-0.05, 0) is 73.4 Å². The molecule has 0 spiro atoms. The van der Waals surface area contributed by atoms with Crippen LogP contribution in [-0.2, 0) is 16.0 Å². The Kier molecular flexibility index (Phi) is 8.67. The maximum absolute atomic E-state index is 15.7. The van der Waals surface area contributed by atoms with Crippen molar-refractivity contribution in [2.24, 2.45) is 17.1 Å². The van der Waals surface area contributed by atoms with Gasteiger partial charge in [-0.3, -0.25) is 23.9 Å². The average molecular weight is 622 g/mol. The molecule has 1 saturated heterocycles. The van der Waals surface area contributed by atoms with Crippen LogP contribution in [0.25, 0.3) is 22.0 Å². The average Bonchev–Trinajstić information content (AvgIpc) is 3.29.